The van der Waals surface area contributed by atoms with E-state index in [4.69, 9.17) is 0 Å². The van der Waals surface area contributed by atoms with Crippen LogP contribution < -0.4 is 10.0 Å². The second-order valence-electron chi connectivity index (χ2n) is 7.95. The molecule has 1 saturated heterocycles. The SMILES string of the molecule is CC1CN(Cc2ccc(NSc3ccc(-c4ccc(F)cc4)nc3)cc2)CC(C)N1. The molecule has 4 nitrogen and oxygen atoms in total. The number of nitrogens with zero attached hydrogens (tertiary/aromatic N) is 2. The zero-order chi connectivity index (χ0) is 20.9. The van der Waals surface area contributed by atoms with E-state index in [1.165, 1.54) is 29.6 Å². The van der Waals surface area contributed by atoms with Crippen molar-refractivity contribution in [1.82, 2.24) is 15.2 Å². The topological polar surface area (TPSA) is 40.2 Å². The number of rotatable bonds is 6. The second kappa shape index (κ2) is 9.60. The lowest BCUT2D eigenvalue weighted by Gasteiger charge is -2.36. The van der Waals surface area contributed by atoms with Gasteiger partial charge in [0.15, 0.2) is 0 Å². The molecule has 30 heavy (non-hydrogen) atoms. The Morgan fingerprint density at radius 1 is 1.00 bits per heavy atom. The van der Waals surface area contributed by atoms with Crippen LogP contribution in [0.15, 0.2) is 71.8 Å². The molecule has 0 amide bonds. The van der Waals surface area contributed by atoms with Crippen molar-refractivity contribution in [3.8, 4) is 11.3 Å². The van der Waals surface area contributed by atoms with Gasteiger partial charge in [-0.2, -0.15) is 0 Å². The molecule has 0 saturated carbocycles. The third-order valence-corrected chi connectivity index (χ3v) is 5.97. The Labute approximate surface area is 182 Å². The summed E-state index contributed by atoms with van der Waals surface area (Å²) < 4.78 is 16.4. The molecule has 2 heterocycles. The largest absolute Gasteiger partial charge is 0.326 e. The molecule has 2 N–H and O–H groups in total. The minimum Gasteiger partial charge on any atom is -0.326 e. The zero-order valence-electron chi connectivity index (χ0n) is 17.3. The van der Waals surface area contributed by atoms with Gasteiger partial charge in [0.05, 0.1) is 5.69 Å². The quantitative estimate of drug-likeness (QED) is 0.535. The number of anilines is 1. The van der Waals surface area contributed by atoms with Crippen LogP contribution in [0, 0.1) is 5.82 Å². The predicted octanol–water partition coefficient (Wildman–Crippen LogP) is 5.19. The summed E-state index contributed by atoms with van der Waals surface area (Å²) >= 11 is 1.53. The van der Waals surface area contributed by atoms with Gasteiger partial charge in [-0.1, -0.05) is 12.1 Å². The lowest BCUT2D eigenvalue weighted by Crippen LogP contribution is -2.53. The van der Waals surface area contributed by atoms with E-state index >= 15 is 0 Å². The maximum Gasteiger partial charge on any atom is 0.123 e. The molecule has 0 spiro atoms. The Balaban J connectivity index is 1.30. The number of hydrogen-bond donors (Lipinski definition) is 2. The van der Waals surface area contributed by atoms with Gasteiger partial charge in [-0.25, -0.2) is 4.39 Å². The third-order valence-electron chi connectivity index (χ3n) is 5.16. The van der Waals surface area contributed by atoms with Crippen molar-refractivity contribution < 1.29 is 4.39 Å². The Kier molecular flexibility index (Phi) is 6.67. The van der Waals surface area contributed by atoms with Crippen LogP contribution in [-0.2, 0) is 6.54 Å². The van der Waals surface area contributed by atoms with Crippen molar-refractivity contribution in [2.45, 2.75) is 37.4 Å². The van der Waals surface area contributed by atoms with Crippen LogP contribution in [0.1, 0.15) is 19.4 Å². The Bertz CT molecular complexity index is 934. The lowest BCUT2D eigenvalue weighted by molar-refractivity contribution is 0.166. The number of pyridine rings is 1. The first-order valence-electron chi connectivity index (χ1n) is 10.3. The number of aromatic nitrogens is 1. The fourth-order valence-corrected chi connectivity index (χ4v) is 4.47. The number of hydrogen-bond acceptors (Lipinski definition) is 5. The fourth-order valence-electron chi connectivity index (χ4n) is 3.86. The maximum absolute atomic E-state index is 13.1. The summed E-state index contributed by atoms with van der Waals surface area (Å²) in [5, 5.41) is 3.58. The van der Waals surface area contributed by atoms with Gasteiger partial charge < -0.3 is 10.0 Å². The summed E-state index contributed by atoms with van der Waals surface area (Å²) in [6, 6.07) is 20.1. The first-order chi connectivity index (χ1) is 14.5. The molecule has 0 aliphatic carbocycles. The van der Waals surface area contributed by atoms with Gasteiger partial charge in [-0.05, 0) is 79.9 Å². The molecule has 1 aliphatic rings. The summed E-state index contributed by atoms with van der Waals surface area (Å²) in [6.07, 6.45) is 1.83. The van der Waals surface area contributed by atoms with Crippen LogP contribution in [0.2, 0.25) is 0 Å². The van der Waals surface area contributed by atoms with Gasteiger partial charge in [-0.15, -0.1) is 0 Å². The van der Waals surface area contributed by atoms with Gasteiger partial charge in [0.25, 0.3) is 0 Å². The Hall–Kier alpha value is -2.41. The van der Waals surface area contributed by atoms with E-state index in [-0.39, 0.29) is 5.82 Å². The Morgan fingerprint density at radius 3 is 2.33 bits per heavy atom. The number of halogens is 1. The van der Waals surface area contributed by atoms with E-state index in [0.29, 0.717) is 12.1 Å². The van der Waals surface area contributed by atoms with Crippen molar-refractivity contribution >= 4 is 17.6 Å². The normalized spacial score (nSPS) is 19.6. The number of benzene rings is 2. The van der Waals surface area contributed by atoms with Crippen LogP contribution in [0.5, 0.6) is 0 Å². The maximum atomic E-state index is 13.1. The van der Waals surface area contributed by atoms with Crippen molar-refractivity contribution in [1.29, 1.82) is 0 Å². The predicted molar refractivity (Wildman–Crippen MR) is 123 cm³/mol. The monoisotopic (exact) mass is 422 g/mol. The van der Waals surface area contributed by atoms with Crippen LogP contribution in [0.3, 0.4) is 0 Å². The second-order valence-corrected chi connectivity index (χ2v) is 8.83. The van der Waals surface area contributed by atoms with E-state index < -0.39 is 0 Å². The molecule has 2 atom stereocenters. The highest BCUT2D eigenvalue weighted by Gasteiger charge is 2.20. The molecule has 6 heteroatoms. The van der Waals surface area contributed by atoms with Gasteiger partial charge in [-0.3, -0.25) is 9.88 Å². The van der Waals surface area contributed by atoms with Crippen LogP contribution in [0.4, 0.5) is 10.1 Å². The molecule has 156 valence electrons. The first-order valence-corrected chi connectivity index (χ1v) is 11.1. The third kappa shape index (κ3) is 5.59. The zero-order valence-corrected chi connectivity index (χ0v) is 18.1. The van der Waals surface area contributed by atoms with Gasteiger partial charge in [0.1, 0.15) is 5.82 Å². The lowest BCUT2D eigenvalue weighted by atomic mass is 10.1. The highest BCUT2D eigenvalue weighted by Crippen LogP contribution is 2.24. The minimum atomic E-state index is -0.238. The van der Waals surface area contributed by atoms with Crippen molar-refractivity contribution in [3.05, 3.63) is 78.2 Å². The van der Waals surface area contributed by atoms with E-state index in [1.807, 2.05) is 18.3 Å². The van der Waals surface area contributed by atoms with Gasteiger partial charge in [0, 0.05) is 54.1 Å². The summed E-state index contributed by atoms with van der Waals surface area (Å²) in [5.41, 5.74) is 4.13. The average Bonchev–Trinajstić information content (AvgIpc) is 2.74. The molecule has 1 fully saturated rings. The average molecular weight is 423 g/mol. The minimum absolute atomic E-state index is 0.238. The molecule has 1 aliphatic heterocycles. The van der Waals surface area contributed by atoms with E-state index in [1.54, 1.807) is 12.1 Å². The highest BCUT2D eigenvalue weighted by atomic mass is 32.2. The summed E-state index contributed by atoms with van der Waals surface area (Å²) in [5.74, 6) is -0.238. The molecular weight excluding hydrogens is 395 g/mol. The number of piperazine rings is 1. The van der Waals surface area contributed by atoms with E-state index in [2.05, 4.69) is 58.0 Å². The van der Waals surface area contributed by atoms with E-state index in [0.717, 1.165) is 41.5 Å². The van der Waals surface area contributed by atoms with Crippen molar-refractivity contribution in [2.75, 3.05) is 17.8 Å². The first kappa shape index (κ1) is 20.8. The van der Waals surface area contributed by atoms with Gasteiger partial charge in [0.2, 0.25) is 0 Å². The number of nitrogens with one attached hydrogen (secondary N) is 2. The summed E-state index contributed by atoms with van der Waals surface area (Å²) in [4.78, 5) is 8.02. The molecule has 0 bridgehead atoms. The van der Waals surface area contributed by atoms with Crippen LogP contribution in [0.25, 0.3) is 11.3 Å². The Morgan fingerprint density at radius 2 is 1.70 bits per heavy atom. The molecule has 1 aromatic heterocycles. The highest BCUT2D eigenvalue weighted by molar-refractivity contribution is 8.00. The standard InChI is InChI=1S/C24H27FN4S/c1-17-14-29(15-18(2)27-17)16-19-3-9-22(10-4-19)28-30-23-11-12-24(26-13-23)20-5-7-21(25)8-6-20/h3-13,17-18,27-28H,14-16H2,1-2H3. The fraction of sp³-hybridized carbons (Fsp3) is 0.292. The van der Waals surface area contributed by atoms with Crippen molar-refractivity contribution in [3.63, 3.8) is 0 Å². The summed E-state index contributed by atoms with van der Waals surface area (Å²) in [6.45, 7) is 7.64. The summed E-state index contributed by atoms with van der Waals surface area (Å²) in [7, 11) is 0. The molecule has 3 aromatic rings. The smallest absolute Gasteiger partial charge is 0.123 e. The molecule has 4 rings (SSSR count). The van der Waals surface area contributed by atoms with Crippen molar-refractivity contribution in [2.24, 2.45) is 0 Å². The van der Waals surface area contributed by atoms with Crippen LogP contribution in [-0.4, -0.2) is 35.1 Å². The molecule has 2 aromatic carbocycles. The van der Waals surface area contributed by atoms with E-state index in [9.17, 15) is 4.39 Å². The van der Waals surface area contributed by atoms with Crippen LogP contribution >= 0.6 is 11.9 Å². The van der Waals surface area contributed by atoms with Gasteiger partial charge >= 0.3 is 0 Å². The molecule has 0 radical (unpaired) electrons. The molecular formula is C24H27FN4S. The molecule has 2 unspecified atom stereocenters.